The topological polar surface area (TPSA) is 54.1 Å². The van der Waals surface area contributed by atoms with Gasteiger partial charge in [-0.2, -0.15) is 0 Å². The van der Waals surface area contributed by atoms with Gasteiger partial charge >= 0.3 is 6.09 Å². The minimum atomic E-state index is -0.295. The van der Waals surface area contributed by atoms with E-state index in [1.807, 2.05) is 13.8 Å². The molecule has 0 aromatic carbocycles. The molecule has 2 N–H and O–H groups in total. The summed E-state index contributed by atoms with van der Waals surface area (Å²) < 4.78 is 5.21. The van der Waals surface area contributed by atoms with Gasteiger partial charge in [-0.05, 0) is 31.9 Å². The van der Waals surface area contributed by atoms with Gasteiger partial charge in [-0.1, -0.05) is 45.4 Å². The summed E-state index contributed by atoms with van der Waals surface area (Å²) in [5, 5.41) is 2.82. The average molecular weight is 308 g/mol. The van der Waals surface area contributed by atoms with Crippen LogP contribution < -0.4 is 5.32 Å². The molecule has 0 unspecified atom stereocenters. The number of aryl methyl sites for hydroxylation is 2. The van der Waals surface area contributed by atoms with Crippen LogP contribution in [0.2, 0.25) is 0 Å². The molecule has 0 aliphatic heterocycles. The molecule has 4 heteroatoms. The Morgan fingerprint density at radius 2 is 1.82 bits per heavy atom. The first-order valence-electron chi connectivity index (χ1n) is 8.69. The molecule has 0 saturated carbocycles. The van der Waals surface area contributed by atoms with Crippen LogP contribution in [0.15, 0.2) is 6.07 Å². The number of hydrogen-bond donors (Lipinski definition) is 2. The highest BCUT2D eigenvalue weighted by molar-refractivity contribution is 5.67. The quantitative estimate of drug-likeness (QED) is 0.585. The Morgan fingerprint density at radius 3 is 2.45 bits per heavy atom. The second-order valence-corrected chi connectivity index (χ2v) is 6.04. The summed E-state index contributed by atoms with van der Waals surface area (Å²) in [4.78, 5) is 14.8. The van der Waals surface area contributed by atoms with Crippen molar-refractivity contribution in [2.75, 3.05) is 13.2 Å². The average Bonchev–Trinajstić information content (AvgIpc) is 2.80. The maximum Gasteiger partial charge on any atom is 0.407 e. The normalized spacial score (nSPS) is 10.7. The fraction of sp³-hybridized carbons (Fsp3) is 0.722. The monoisotopic (exact) mass is 308 g/mol. The number of unbranched alkanes of at least 4 members (excludes halogenated alkanes) is 6. The van der Waals surface area contributed by atoms with Gasteiger partial charge in [0.25, 0.3) is 0 Å². The molecular weight excluding hydrogens is 276 g/mol. The molecule has 126 valence electrons. The molecule has 0 bridgehead atoms. The van der Waals surface area contributed by atoms with Gasteiger partial charge in [0.05, 0.1) is 6.61 Å². The van der Waals surface area contributed by atoms with E-state index < -0.39 is 0 Å². The highest BCUT2D eigenvalue weighted by Crippen LogP contribution is 2.10. The van der Waals surface area contributed by atoms with E-state index >= 15 is 0 Å². The number of ether oxygens (including phenoxy) is 1. The van der Waals surface area contributed by atoms with Crippen molar-refractivity contribution < 1.29 is 9.53 Å². The number of carbonyl (C=O) groups is 1. The Balaban J connectivity index is 1.96. The lowest BCUT2D eigenvalue weighted by Crippen LogP contribution is -2.26. The van der Waals surface area contributed by atoms with Crippen LogP contribution in [0.4, 0.5) is 4.79 Å². The van der Waals surface area contributed by atoms with E-state index in [4.69, 9.17) is 4.74 Å². The zero-order valence-corrected chi connectivity index (χ0v) is 14.5. The zero-order chi connectivity index (χ0) is 16.2. The Morgan fingerprint density at radius 1 is 1.14 bits per heavy atom. The summed E-state index contributed by atoms with van der Waals surface area (Å²) in [7, 11) is 0. The van der Waals surface area contributed by atoms with Gasteiger partial charge in [-0.25, -0.2) is 4.79 Å². The third-order valence-electron chi connectivity index (χ3n) is 3.91. The molecule has 0 aliphatic carbocycles. The molecule has 0 aliphatic rings. The van der Waals surface area contributed by atoms with Crippen LogP contribution in [-0.2, 0) is 11.2 Å². The molecular formula is C18H32N2O2. The van der Waals surface area contributed by atoms with Gasteiger partial charge in [-0.3, -0.25) is 0 Å². The highest BCUT2D eigenvalue weighted by atomic mass is 16.5. The molecule has 22 heavy (non-hydrogen) atoms. The van der Waals surface area contributed by atoms with Gasteiger partial charge in [0.15, 0.2) is 0 Å². The van der Waals surface area contributed by atoms with Crippen molar-refractivity contribution in [3.63, 3.8) is 0 Å². The molecule has 1 heterocycles. The summed E-state index contributed by atoms with van der Waals surface area (Å²) in [5.74, 6) is 0. The van der Waals surface area contributed by atoms with Crippen LogP contribution >= 0.6 is 0 Å². The second kappa shape index (κ2) is 11.2. The zero-order valence-electron chi connectivity index (χ0n) is 14.5. The van der Waals surface area contributed by atoms with Crippen molar-refractivity contribution >= 4 is 6.09 Å². The summed E-state index contributed by atoms with van der Waals surface area (Å²) in [6.45, 7) is 7.46. The number of amides is 1. The number of nitrogens with one attached hydrogen (secondary N) is 2. The molecule has 0 atom stereocenters. The van der Waals surface area contributed by atoms with Gasteiger partial charge in [0, 0.05) is 24.4 Å². The number of carbonyl (C=O) groups excluding carboxylic acids is 1. The van der Waals surface area contributed by atoms with Crippen molar-refractivity contribution in [1.82, 2.24) is 10.3 Å². The third kappa shape index (κ3) is 8.11. The molecule has 4 nitrogen and oxygen atoms in total. The first-order chi connectivity index (χ1) is 10.6. The van der Waals surface area contributed by atoms with Crippen LogP contribution in [0.3, 0.4) is 0 Å². The summed E-state index contributed by atoms with van der Waals surface area (Å²) in [6, 6.07) is 2.11. The first-order valence-corrected chi connectivity index (χ1v) is 8.69. The summed E-state index contributed by atoms with van der Waals surface area (Å²) in [5.41, 5.74) is 3.53. The van der Waals surface area contributed by atoms with E-state index in [1.165, 1.54) is 44.1 Å². The van der Waals surface area contributed by atoms with Crippen molar-refractivity contribution in [2.24, 2.45) is 0 Å². The van der Waals surface area contributed by atoms with Crippen LogP contribution in [0.1, 0.15) is 68.8 Å². The first kappa shape index (κ1) is 18.6. The van der Waals surface area contributed by atoms with E-state index in [0.717, 1.165) is 30.8 Å². The van der Waals surface area contributed by atoms with Crippen LogP contribution in [0, 0.1) is 13.8 Å². The fourth-order valence-electron chi connectivity index (χ4n) is 2.62. The highest BCUT2D eigenvalue weighted by Gasteiger charge is 2.04. The SMILES string of the molecule is CCCCCCCCCNC(=O)OCCc1cc(C)[nH]c1C. The molecule has 0 fully saturated rings. The number of hydrogen-bond acceptors (Lipinski definition) is 2. The van der Waals surface area contributed by atoms with Crippen LogP contribution in [0.5, 0.6) is 0 Å². The Labute approximate surface area is 135 Å². The molecule has 0 spiro atoms. The largest absolute Gasteiger partial charge is 0.449 e. The molecule has 1 aromatic rings. The predicted octanol–water partition coefficient (Wildman–Crippen LogP) is 4.65. The van der Waals surface area contributed by atoms with Gasteiger partial charge in [0.1, 0.15) is 0 Å². The number of aromatic nitrogens is 1. The molecule has 1 aromatic heterocycles. The molecule has 0 saturated heterocycles. The summed E-state index contributed by atoms with van der Waals surface area (Å²) in [6.07, 6.45) is 9.24. The van der Waals surface area contributed by atoms with E-state index in [2.05, 4.69) is 23.3 Å². The Hall–Kier alpha value is -1.45. The van der Waals surface area contributed by atoms with Crippen molar-refractivity contribution in [2.45, 2.75) is 72.1 Å². The molecule has 1 rings (SSSR count). The van der Waals surface area contributed by atoms with Crippen LogP contribution in [-0.4, -0.2) is 24.2 Å². The van der Waals surface area contributed by atoms with Crippen molar-refractivity contribution in [3.8, 4) is 0 Å². The minimum absolute atomic E-state index is 0.295. The van der Waals surface area contributed by atoms with E-state index in [1.54, 1.807) is 0 Å². The molecule has 0 radical (unpaired) electrons. The Bertz CT molecular complexity index is 427. The molecule has 1 amide bonds. The van der Waals surface area contributed by atoms with Crippen LogP contribution in [0.25, 0.3) is 0 Å². The van der Waals surface area contributed by atoms with Crippen molar-refractivity contribution in [1.29, 1.82) is 0 Å². The smallest absolute Gasteiger partial charge is 0.407 e. The number of aromatic amines is 1. The minimum Gasteiger partial charge on any atom is -0.449 e. The van der Waals surface area contributed by atoms with E-state index in [0.29, 0.717) is 6.61 Å². The predicted molar refractivity (Wildman–Crippen MR) is 91.3 cm³/mol. The van der Waals surface area contributed by atoms with Gasteiger partial charge in [-0.15, -0.1) is 0 Å². The number of alkyl carbamates (subject to hydrolysis) is 1. The van der Waals surface area contributed by atoms with Gasteiger partial charge in [0.2, 0.25) is 0 Å². The standard InChI is InChI=1S/C18H32N2O2/c1-4-5-6-7-8-9-10-12-19-18(21)22-13-11-17-14-15(2)20-16(17)3/h14,20H,4-13H2,1-3H3,(H,19,21). The lowest BCUT2D eigenvalue weighted by Gasteiger charge is -2.07. The van der Waals surface area contributed by atoms with E-state index in [9.17, 15) is 4.79 Å². The summed E-state index contributed by atoms with van der Waals surface area (Å²) >= 11 is 0. The third-order valence-corrected chi connectivity index (χ3v) is 3.91. The Kier molecular flexibility index (Phi) is 9.44. The maximum absolute atomic E-state index is 11.6. The maximum atomic E-state index is 11.6. The van der Waals surface area contributed by atoms with Crippen molar-refractivity contribution in [3.05, 3.63) is 23.0 Å². The number of rotatable bonds is 11. The number of H-pyrrole nitrogens is 1. The lowest BCUT2D eigenvalue weighted by atomic mass is 10.1. The van der Waals surface area contributed by atoms with Gasteiger partial charge < -0.3 is 15.0 Å². The second-order valence-electron chi connectivity index (χ2n) is 6.04. The van der Waals surface area contributed by atoms with E-state index in [-0.39, 0.29) is 6.09 Å². The lowest BCUT2D eigenvalue weighted by molar-refractivity contribution is 0.147. The fourth-order valence-corrected chi connectivity index (χ4v) is 2.62.